The number of anilines is 1. The van der Waals surface area contributed by atoms with Crippen LogP contribution in [0.4, 0.5) is 10.1 Å². The number of hydrogen-bond donors (Lipinski definition) is 2. The third-order valence-electron chi connectivity index (χ3n) is 6.94. The van der Waals surface area contributed by atoms with Crippen molar-refractivity contribution in [3.63, 3.8) is 0 Å². The quantitative estimate of drug-likeness (QED) is 0.471. The van der Waals surface area contributed by atoms with Crippen molar-refractivity contribution in [1.82, 2.24) is 9.88 Å². The van der Waals surface area contributed by atoms with Gasteiger partial charge >= 0.3 is 5.97 Å². The molecule has 2 heterocycles. The van der Waals surface area contributed by atoms with Gasteiger partial charge in [0.25, 0.3) is 0 Å². The summed E-state index contributed by atoms with van der Waals surface area (Å²) in [4.78, 5) is 26.4. The van der Waals surface area contributed by atoms with Gasteiger partial charge in [-0.2, -0.15) is 0 Å². The molecule has 5 rings (SSSR count). The first-order valence-electron chi connectivity index (χ1n) is 11.9. The number of hydrogen-bond acceptors (Lipinski definition) is 7. The summed E-state index contributed by atoms with van der Waals surface area (Å²) in [6, 6.07) is 4.61. The first-order valence-corrected chi connectivity index (χ1v) is 12.2. The number of fused-ring (bicyclic) bond motifs is 1. The third-order valence-corrected chi connectivity index (χ3v) is 7.29. The van der Waals surface area contributed by atoms with Gasteiger partial charge < -0.3 is 34.1 Å². The van der Waals surface area contributed by atoms with Gasteiger partial charge in [0.1, 0.15) is 11.4 Å². The number of ether oxygens (including phenoxy) is 3. The van der Waals surface area contributed by atoms with E-state index in [-0.39, 0.29) is 28.2 Å². The van der Waals surface area contributed by atoms with Crippen molar-refractivity contribution in [3.8, 4) is 17.2 Å². The Hall–Kier alpha value is -3.50. The molecule has 0 spiro atoms. The molecule has 2 N–H and O–H groups in total. The molecule has 196 valence electrons. The van der Waals surface area contributed by atoms with E-state index in [9.17, 15) is 14.7 Å². The number of aromatic nitrogens is 1. The smallest absolute Gasteiger partial charge is 0.341 e. The molecule has 1 saturated heterocycles. The molecule has 1 saturated carbocycles. The van der Waals surface area contributed by atoms with E-state index < -0.39 is 22.8 Å². The first kappa shape index (κ1) is 25.2. The molecule has 2 aromatic carbocycles. The van der Waals surface area contributed by atoms with Gasteiger partial charge in [0.05, 0.1) is 49.0 Å². The highest BCUT2D eigenvalue weighted by Gasteiger charge is 2.32. The maximum absolute atomic E-state index is 15.6. The number of carboxylic acids is 1. The van der Waals surface area contributed by atoms with E-state index in [1.54, 1.807) is 18.8 Å². The van der Waals surface area contributed by atoms with Crippen LogP contribution in [0.25, 0.3) is 10.9 Å². The Kier molecular flexibility index (Phi) is 6.63. The Bertz CT molecular complexity index is 1430. The van der Waals surface area contributed by atoms with Crippen LogP contribution in [0.5, 0.6) is 17.2 Å². The highest BCUT2D eigenvalue weighted by atomic mass is 35.5. The second-order valence-corrected chi connectivity index (χ2v) is 9.52. The molecule has 37 heavy (non-hydrogen) atoms. The number of pyridine rings is 1. The molecule has 1 aromatic heterocycles. The van der Waals surface area contributed by atoms with Crippen LogP contribution >= 0.6 is 11.6 Å². The lowest BCUT2D eigenvalue weighted by molar-refractivity contribution is 0.0695. The fraction of sp³-hybridized carbons (Fsp3) is 0.385. The largest absolute Gasteiger partial charge is 0.493 e. The molecule has 2 aliphatic rings. The average molecular weight is 532 g/mol. The number of nitrogens with one attached hydrogen (secondary N) is 1. The van der Waals surface area contributed by atoms with Crippen LogP contribution in [0.1, 0.15) is 40.8 Å². The summed E-state index contributed by atoms with van der Waals surface area (Å²) in [5, 5.41) is 13.0. The minimum atomic E-state index is -1.35. The topological polar surface area (TPSA) is 102 Å². The van der Waals surface area contributed by atoms with Crippen molar-refractivity contribution in [2.75, 3.05) is 45.9 Å². The van der Waals surface area contributed by atoms with Crippen molar-refractivity contribution < 1.29 is 28.5 Å². The summed E-state index contributed by atoms with van der Waals surface area (Å²) in [5.41, 5.74) is 0.260. The van der Waals surface area contributed by atoms with Crippen LogP contribution in [-0.4, -0.2) is 56.6 Å². The van der Waals surface area contributed by atoms with Crippen LogP contribution < -0.4 is 29.9 Å². The molecule has 9 nitrogen and oxygen atoms in total. The highest BCUT2D eigenvalue weighted by Crippen LogP contribution is 2.44. The number of carbonyl (C=O) groups is 1. The second kappa shape index (κ2) is 9.75. The maximum Gasteiger partial charge on any atom is 0.341 e. The molecule has 1 aliphatic carbocycles. The van der Waals surface area contributed by atoms with Crippen molar-refractivity contribution in [3.05, 3.63) is 56.6 Å². The average Bonchev–Trinajstić information content (AvgIpc) is 3.74. The minimum absolute atomic E-state index is 0.0204. The standard InChI is InChI=1S/C26H27ClFN3O6/c1-35-19-8-13(9-20(36-2)25(19)37-3)18-12-30(7-6-29-18)23-17(28)10-15-22(21(23)27)31(14-4-5-14)11-16(24(15)32)26(33)34/h8-11,14,18,29H,4-7,12H2,1-3H3,(H,33,34). The van der Waals surface area contributed by atoms with Crippen molar-refractivity contribution in [2.45, 2.75) is 24.9 Å². The van der Waals surface area contributed by atoms with Crippen LogP contribution in [0, 0.1) is 5.82 Å². The number of rotatable bonds is 7. The van der Waals surface area contributed by atoms with Gasteiger partial charge in [-0.25, -0.2) is 9.18 Å². The Morgan fingerprint density at radius 3 is 2.38 bits per heavy atom. The number of benzene rings is 2. The monoisotopic (exact) mass is 531 g/mol. The van der Waals surface area contributed by atoms with Gasteiger partial charge in [0.2, 0.25) is 11.2 Å². The number of piperazine rings is 1. The van der Waals surface area contributed by atoms with Crippen LogP contribution in [0.3, 0.4) is 0 Å². The van der Waals surface area contributed by atoms with Gasteiger partial charge in [0, 0.05) is 31.9 Å². The van der Waals surface area contributed by atoms with E-state index in [1.807, 2.05) is 17.0 Å². The number of nitrogens with zero attached hydrogens (tertiary/aromatic N) is 2. The predicted octanol–water partition coefficient (Wildman–Crippen LogP) is 4.00. The van der Waals surface area contributed by atoms with Gasteiger partial charge in [-0.1, -0.05) is 11.6 Å². The van der Waals surface area contributed by atoms with Crippen molar-refractivity contribution in [1.29, 1.82) is 0 Å². The zero-order valence-electron chi connectivity index (χ0n) is 20.6. The van der Waals surface area contributed by atoms with Crippen molar-refractivity contribution in [2.24, 2.45) is 0 Å². The fourth-order valence-corrected chi connectivity index (χ4v) is 5.40. The molecule has 0 amide bonds. The molecule has 3 aromatic rings. The molecule has 11 heteroatoms. The van der Waals surface area contributed by atoms with E-state index in [0.29, 0.717) is 42.4 Å². The second-order valence-electron chi connectivity index (χ2n) is 9.14. The third kappa shape index (κ3) is 4.34. The zero-order chi connectivity index (χ0) is 26.4. The lowest BCUT2D eigenvalue weighted by Gasteiger charge is -2.36. The van der Waals surface area contributed by atoms with Crippen molar-refractivity contribution >= 4 is 34.2 Å². The van der Waals surface area contributed by atoms with Crippen LogP contribution in [-0.2, 0) is 0 Å². The molecule has 0 bridgehead atoms. The van der Waals surface area contributed by atoms with E-state index in [2.05, 4.69) is 5.32 Å². The molecule has 0 radical (unpaired) electrons. The summed E-state index contributed by atoms with van der Waals surface area (Å²) in [6.45, 7) is 1.40. The van der Waals surface area contributed by atoms with Gasteiger partial charge in [0.15, 0.2) is 11.5 Å². The van der Waals surface area contributed by atoms with E-state index in [4.69, 9.17) is 25.8 Å². The lowest BCUT2D eigenvalue weighted by Crippen LogP contribution is -2.46. The Morgan fingerprint density at radius 2 is 1.81 bits per heavy atom. The fourth-order valence-electron chi connectivity index (χ4n) is 4.99. The Labute approximate surface area is 217 Å². The number of carboxylic acid groups (broad SMARTS) is 1. The molecule has 1 atom stereocenters. The SMILES string of the molecule is COc1cc(C2CN(c3c(F)cc4c(=O)c(C(=O)O)cn(C5CC5)c4c3Cl)CCN2)cc(OC)c1OC. The lowest BCUT2D eigenvalue weighted by atomic mass is 10.0. The number of methoxy groups -OCH3 is 3. The first-order chi connectivity index (χ1) is 17.8. The maximum atomic E-state index is 15.6. The van der Waals surface area contributed by atoms with Crippen LogP contribution in [0.15, 0.2) is 29.2 Å². The predicted molar refractivity (Wildman–Crippen MR) is 137 cm³/mol. The normalized spacial score (nSPS) is 17.6. The zero-order valence-corrected chi connectivity index (χ0v) is 21.4. The summed E-state index contributed by atoms with van der Waals surface area (Å²) in [6.07, 6.45) is 2.99. The minimum Gasteiger partial charge on any atom is -0.493 e. The molecular formula is C26H27ClFN3O6. The van der Waals surface area contributed by atoms with Gasteiger partial charge in [-0.15, -0.1) is 0 Å². The molecule has 2 fully saturated rings. The summed E-state index contributed by atoms with van der Waals surface area (Å²) < 4.78 is 33.7. The molecular weight excluding hydrogens is 505 g/mol. The van der Waals surface area contributed by atoms with E-state index >= 15 is 4.39 Å². The van der Waals surface area contributed by atoms with E-state index in [0.717, 1.165) is 24.5 Å². The number of halogens is 2. The molecule has 1 unspecified atom stereocenters. The summed E-state index contributed by atoms with van der Waals surface area (Å²) >= 11 is 6.82. The van der Waals surface area contributed by atoms with E-state index in [1.165, 1.54) is 13.3 Å². The highest BCUT2D eigenvalue weighted by molar-refractivity contribution is 6.38. The molecule has 1 aliphatic heterocycles. The Balaban J connectivity index is 1.59. The summed E-state index contributed by atoms with van der Waals surface area (Å²) in [7, 11) is 4.62. The van der Waals surface area contributed by atoms with Gasteiger partial charge in [-0.05, 0) is 36.6 Å². The van der Waals surface area contributed by atoms with Crippen LogP contribution in [0.2, 0.25) is 5.02 Å². The Morgan fingerprint density at radius 1 is 1.14 bits per heavy atom. The summed E-state index contributed by atoms with van der Waals surface area (Å²) in [5.74, 6) is -0.534. The number of aromatic carboxylic acids is 1. The van der Waals surface area contributed by atoms with Gasteiger partial charge in [-0.3, -0.25) is 4.79 Å².